The molecule has 0 saturated carbocycles. The molecule has 0 unspecified atom stereocenters. The van der Waals surface area contributed by atoms with Crippen LogP contribution in [-0.2, 0) is 15.8 Å². The summed E-state index contributed by atoms with van der Waals surface area (Å²) in [7, 11) is 5.43. The summed E-state index contributed by atoms with van der Waals surface area (Å²) in [5, 5.41) is 0. The van der Waals surface area contributed by atoms with Crippen molar-refractivity contribution in [2.24, 2.45) is 5.92 Å². The van der Waals surface area contributed by atoms with E-state index in [4.69, 9.17) is 17.3 Å². The lowest BCUT2D eigenvalue weighted by atomic mass is 9.93. The van der Waals surface area contributed by atoms with Gasteiger partial charge in [0.15, 0.2) is 17.9 Å². The third-order valence-electron chi connectivity index (χ3n) is 6.10. The van der Waals surface area contributed by atoms with Crippen molar-refractivity contribution < 1.29 is 22.6 Å². The van der Waals surface area contributed by atoms with E-state index >= 15 is 0 Å². The maximum atomic E-state index is 15.0. The van der Waals surface area contributed by atoms with Gasteiger partial charge >= 0.3 is 0 Å². The molecule has 0 amide bonds. The van der Waals surface area contributed by atoms with Crippen LogP contribution in [0.5, 0.6) is 0 Å². The molecular formula is C28H26BF3O2. The van der Waals surface area contributed by atoms with Gasteiger partial charge < -0.3 is 9.47 Å². The smallest absolute Gasteiger partial charge is 0.183 e. The van der Waals surface area contributed by atoms with E-state index < -0.39 is 23.7 Å². The van der Waals surface area contributed by atoms with Gasteiger partial charge in [0.2, 0.25) is 0 Å². The minimum atomic E-state index is -0.943. The van der Waals surface area contributed by atoms with Crippen molar-refractivity contribution in [2.75, 3.05) is 13.2 Å². The highest BCUT2D eigenvalue weighted by molar-refractivity contribution is 6.08. The van der Waals surface area contributed by atoms with Crippen molar-refractivity contribution in [3.8, 4) is 22.3 Å². The zero-order valence-electron chi connectivity index (χ0n) is 19.1. The number of rotatable bonds is 7. The third kappa shape index (κ3) is 5.29. The molecule has 1 saturated heterocycles. The largest absolute Gasteiger partial charge is 0.348 e. The first-order valence-corrected chi connectivity index (χ1v) is 11.4. The van der Waals surface area contributed by atoms with Crippen LogP contribution < -0.4 is 0 Å². The first kappa shape index (κ1) is 24.3. The van der Waals surface area contributed by atoms with Crippen molar-refractivity contribution in [3.63, 3.8) is 0 Å². The topological polar surface area (TPSA) is 18.5 Å². The normalized spacial score (nSPS) is 18.5. The van der Waals surface area contributed by atoms with E-state index in [-0.39, 0.29) is 17.4 Å². The van der Waals surface area contributed by atoms with Gasteiger partial charge in [0.25, 0.3) is 0 Å². The minimum Gasteiger partial charge on any atom is -0.348 e. The molecule has 0 N–H and O–H groups in total. The maximum Gasteiger partial charge on any atom is 0.183 e. The Kier molecular flexibility index (Phi) is 7.91. The summed E-state index contributed by atoms with van der Waals surface area (Å²) in [5.74, 6) is -1.96. The van der Waals surface area contributed by atoms with Crippen molar-refractivity contribution in [3.05, 3.63) is 95.3 Å². The van der Waals surface area contributed by atoms with E-state index in [0.717, 1.165) is 12.8 Å². The molecule has 0 aromatic heterocycles. The van der Waals surface area contributed by atoms with Crippen LogP contribution in [-0.4, -0.2) is 21.1 Å². The Hall–Kier alpha value is -2.83. The highest BCUT2D eigenvalue weighted by atomic mass is 19.2. The Labute approximate surface area is 199 Å². The molecule has 6 heteroatoms. The van der Waals surface area contributed by atoms with Gasteiger partial charge in [-0.15, -0.1) is 0 Å². The van der Waals surface area contributed by atoms with Crippen molar-refractivity contribution >= 4 is 7.85 Å². The van der Waals surface area contributed by atoms with Crippen molar-refractivity contribution in [1.29, 1.82) is 0 Å². The zero-order valence-corrected chi connectivity index (χ0v) is 19.1. The minimum absolute atomic E-state index is 0.0781. The summed E-state index contributed by atoms with van der Waals surface area (Å²) in [5.41, 5.74) is 2.40. The van der Waals surface area contributed by atoms with Gasteiger partial charge in [-0.1, -0.05) is 67.0 Å². The van der Waals surface area contributed by atoms with Gasteiger partial charge in [-0.2, -0.15) is 0 Å². The Morgan fingerprint density at radius 3 is 2.15 bits per heavy atom. The molecule has 1 fully saturated rings. The number of benzene rings is 3. The quantitative estimate of drug-likeness (QED) is 0.275. The average molecular weight is 462 g/mol. The number of allylic oxidation sites excluding steroid dienone is 2. The average Bonchev–Trinajstić information content (AvgIpc) is 2.86. The van der Waals surface area contributed by atoms with Gasteiger partial charge in [0.05, 0.1) is 21.1 Å². The van der Waals surface area contributed by atoms with Crippen LogP contribution in [0.2, 0.25) is 0 Å². The fourth-order valence-electron chi connectivity index (χ4n) is 4.11. The van der Waals surface area contributed by atoms with E-state index in [1.54, 1.807) is 36.4 Å². The molecule has 2 nitrogen and oxygen atoms in total. The molecule has 3 aromatic carbocycles. The fourth-order valence-corrected chi connectivity index (χ4v) is 4.11. The predicted octanol–water partition coefficient (Wildman–Crippen LogP) is 7.12. The summed E-state index contributed by atoms with van der Waals surface area (Å²) in [6, 6.07) is 14.5. The number of hydrogen-bond acceptors (Lipinski definition) is 2. The second kappa shape index (κ2) is 11.1. The molecule has 3 aromatic rings. The number of halogens is 3. The van der Waals surface area contributed by atoms with Crippen LogP contribution in [0.4, 0.5) is 13.2 Å². The van der Waals surface area contributed by atoms with Gasteiger partial charge in [-0.25, -0.2) is 13.2 Å². The molecule has 0 aliphatic carbocycles. The van der Waals surface area contributed by atoms with Crippen LogP contribution in [0.15, 0.2) is 66.7 Å². The van der Waals surface area contributed by atoms with E-state index in [1.165, 1.54) is 18.2 Å². The Balaban J connectivity index is 1.46. The monoisotopic (exact) mass is 462 g/mol. The lowest BCUT2D eigenvalue weighted by molar-refractivity contribution is -0.205. The summed E-state index contributed by atoms with van der Waals surface area (Å²) < 4.78 is 55.1. The molecule has 4 rings (SSSR count). The molecule has 0 spiro atoms. The molecule has 1 aliphatic rings. The summed E-state index contributed by atoms with van der Waals surface area (Å²) in [6.07, 6.45) is 5.47. The van der Waals surface area contributed by atoms with Gasteiger partial charge in [0, 0.05) is 22.6 Å². The molecule has 34 heavy (non-hydrogen) atoms. The number of hydrogen-bond donors (Lipinski definition) is 0. The highest BCUT2D eigenvalue weighted by Crippen LogP contribution is 2.33. The first-order valence-electron chi connectivity index (χ1n) is 11.4. The van der Waals surface area contributed by atoms with Gasteiger partial charge in [-0.3, -0.25) is 0 Å². The first-order chi connectivity index (χ1) is 16.5. The Morgan fingerprint density at radius 1 is 0.882 bits per heavy atom. The molecule has 1 aliphatic heterocycles. The molecule has 0 bridgehead atoms. The molecule has 0 atom stereocenters. The standard InChI is InChI=1S/C28H26BF3O2/c1-2-3-4-5-18-16-33-28(34-17-18)21-10-12-23(25(30)14-21)19-6-8-20(9-7-19)24-13-11-22(15-29)26(31)27(24)32/h2-3,6-14,18,28H,4-5,15-17H2,1H3/b3-2+. The number of ether oxygens (including phenoxy) is 2. The van der Waals surface area contributed by atoms with E-state index in [0.29, 0.717) is 41.4 Å². The van der Waals surface area contributed by atoms with Crippen molar-refractivity contribution in [2.45, 2.75) is 32.4 Å². The van der Waals surface area contributed by atoms with Crippen LogP contribution in [0.25, 0.3) is 22.3 Å². The van der Waals surface area contributed by atoms with Crippen LogP contribution in [0, 0.1) is 23.4 Å². The van der Waals surface area contributed by atoms with E-state index in [9.17, 15) is 13.2 Å². The Bertz CT molecular complexity index is 1150. The lowest BCUT2D eigenvalue weighted by Gasteiger charge is -2.29. The van der Waals surface area contributed by atoms with E-state index in [1.807, 2.05) is 13.0 Å². The van der Waals surface area contributed by atoms with Crippen LogP contribution >= 0.6 is 0 Å². The fraction of sp³-hybridized carbons (Fsp3) is 0.286. The zero-order chi connectivity index (χ0) is 24.1. The summed E-state index contributed by atoms with van der Waals surface area (Å²) in [6.45, 7) is 3.16. The lowest BCUT2D eigenvalue weighted by Crippen LogP contribution is -2.27. The molecule has 1 heterocycles. The van der Waals surface area contributed by atoms with Crippen LogP contribution in [0.1, 0.15) is 37.2 Å². The SMILES string of the molecule is [B]Cc1ccc(-c2ccc(-c3ccc(C4OCC(CC/C=C/C)CO4)cc3F)cc2)c(F)c1F. The molecule has 2 radical (unpaired) electrons. The maximum absolute atomic E-state index is 15.0. The second-order valence-corrected chi connectivity index (χ2v) is 8.43. The van der Waals surface area contributed by atoms with E-state index in [2.05, 4.69) is 6.08 Å². The second-order valence-electron chi connectivity index (χ2n) is 8.43. The predicted molar refractivity (Wildman–Crippen MR) is 129 cm³/mol. The van der Waals surface area contributed by atoms with Crippen LogP contribution in [0.3, 0.4) is 0 Å². The van der Waals surface area contributed by atoms with Gasteiger partial charge in [-0.05, 0) is 42.5 Å². The Morgan fingerprint density at radius 2 is 1.53 bits per heavy atom. The molecule has 174 valence electrons. The summed E-state index contributed by atoms with van der Waals surface area (Å²) in [4.78, 5) is 0. The molecular weight excluding hydrogens is 436 g/mol. The third-order valence-corrected chi connectivity index (χ3v) is 6.10. The highest BCUT2D eigenvalue weighted by Gasteiger charge is 2.24. The summed E-state index contributed by atoms with van der Waals surface area (Å²) >= 11 is 0. The van der Waals surface area contributed by atoms with Gasteiger partial charge in [0.1, 0.15) is 5.82 Å². The van der Waals surface area contributed by atoms with Crippen molar-refractivity contribution in [1.82, 2.24) is 0 Å².